The number of phenols is 1. The van der Waals surface area contributed by atoms with E-state index in [0.717, 1.165) is 11.7 Å². The van der Waals surface area contributed by atoms with Crippen molar-refractivity contribution in [3.63, 3.8) is 0 Å². The van der Waals surface area contributed by atoms with Crippen LogP contribution in [-0.4, -0.2) is 45.8 Å². The number of rotatable bonds is 5. The molecule has 28 heavy (non-hydrogen) atoms. The number of carbonyl (C=O) groups excluding carboxylic acids is 1. The third kappa shape index (κ3) is 3.84. The highest BCUT2D eigenvalue weighted by molar-refractivity contribution is 6.99. The molecule has 0 saturated carbocycles. The number of nitrogens with zero attached hydrogens (tertiary/aromatic N) is 4. The number of carbonyl (C=O) groups is 1. The second-order valence-electron chi connectivity index (χ2n) is 6.09. The third-order valence-electron chi connectivity index (χ3n) is 4.01. The van der Waals surface area contributed by atoms with Gasteiger partial charge in [0.25, 0.3) is 5.91 Å². The van der Waals surface area contributed by atoms with E-state index < -0.39 is 0 Å². The number of hydrogen-bond acceptors (Lipinski definition) is 7. The van der Waals surface area contributed by atoms with Crippen molar-refractivity contribution in [2.75, 3.05) is 31.4 Å². The van der Waals surface area contributed by atoms with Gasteiger partial charge in [0.1, 0.15) is 0 Å². The Hall–Kier alpha value is -2.55. The van der Waals surface area contributed by atoms with Crippen LogP contribution >= 0.6 is 34.9 Å². The van der Waals surface area contributed by atoms with Gasteiger partial charge < -0.3 is 20.2 Å². The minimum absolute atomic E-state index is 0.163. The summed E-state index contributed by atoms with van der Waals surface area (Å²) in [6, 6.07) is 10.2. The molecule has 0 aliphatic rings. The molecule has 146 valence electrons. The van der Waals surface area contributed by atoms with Crippen molar-refractivity contribution in [2.45, 2.75) is 0 Å². The first kappa shape index (κ1) is 20.2. The Morgan fingerprint density at radius 1 is 1.11 bits per heavy atom. The summed E-state index contributed by atoms with van der Waals surface area (Å²) >= 11 is 13.4. The molecular formula is C18H17Cl2N5O2S. The molecule has 2 N–H and O–H groups in total. The number of benzene rings is 2. The van der Waals surface area contributed by atoms with E-state index in [1.165, 1.54) is 4.90 Å². The Labute approximate surface area is 176 Å². The van der Waals surface area contributed by atoms with Crippen molar-refractivity contribution in [1.82, 2.24) is 13.6 Å². The zero-order valence-corrected chi connectivity index (χ0v) is 17.6. The molecule has 1 aromatic heterocycles. The lowest BCUT2D eigenvalue weighted by atomic mass is 10.1. The smallest absolute Gasteiger partial charge is 0.257 e. The van der Waals surface area contributed by atoms with Crippen LogP contribution < -0.4 is 10.2 Å². The van der Waals surface area contributed by atoms with Crippen molar-refractivity contribution < 1.29 is 9.90 Å². The highest BCUT2D eigenvalue weighted by atomic mass is 35.5. The van der Waals surface area contributed by atoms with Gasteiger partial charge in [0.2, 0.25) is 0 Å². The van der Waals surface area contributed by atoms with Gasteiger partial charge in [-0.3, -0.25) is 4.79 Å². The van der Waals surface area contributed by atoms with E-state index in [1.54, 1.807) is 56.4 Å². The van der Waals surface area contributed by atoms with Gasteiger partial charge in [0.05, 0.1) is 38.7 Å². The van der Waals surface area contributed by atoms with Crippen LogP contribution in [0.15, 0.2) is 36.4 Å². The molecular weight excluding hydrogens is 421 g/mol. The summed E-state index contributed by atoms with van der Waals surface area (Å²) in [5.74, 6) is 0.440. The fourth-order valence-electron chi connectivity index (χ4n) is 2.53. The molecule has 1 amide bonds. The first-order chi connectivity index (χ1) is 13.3. The molecule has 0 spiro atoms. The van der Waals surface area contributed by atoms with Gasteiger partial charge in [0.15, 0.2) is 17.4 Å². The number of amides is 1. The minimum Gasteiger partial charge on any atom is -0.505 e. The second kappa shape index (κ2) is 8.22. The van der Waals surface area contributed by atoms with Crippen molar-refractivity contribution in [3.05, 3.63) is 52.0 Å². The molecule has 0 bridgehead atoms. The maximum absolute atomic E-state index is 12.2. The van der Waals surface area contributed by atoms with Crippen LogP contribution in [0.25, 0.3) is 0 Å². The van der Waals surface area contributed by atoms with Gasteiger partial charge >= 0.3 is 0 Å². The molecule has 0 saturated heterocycles. The summed E-state index contributed by atoms with van der Waals surface area (Å²) in [4.78, 5) is 15.4. The van der Waals surface area contributed by atoms with Crippen molar-refractivity contribution in [3.8, 4) is 5.75 Å². The molecule has 0 fully saturated rings. The van der Waals surface area contributed by atoms with Crippen LogP contribution in [0.1, 0.15) is 10.4 Å². The number of hydrogen-bond donors (Lipinski definition) is 2. The lowest BCUT2D eigenvalue weighted by Crippen LogP contribution is -2.21. The van der Waals surface area contributed by atoms with Crippen LogP contribution in [-0.2, 0) is 0 Å². The zero-order valence-electron chi connectivity index (χ0n) is 15.3. The van der Waals surface area contributed by atoms with E-state index in [-0.39, 0.29) is 17.2 Å². The highest BCUT2D eigenvalue weighted by Crippen LogP contribution is 2.39. The number of aromatic hydroxyl groups is 1. The number of halogens is 2. The molecule has 0 atom stereocenters. The van der Waals surface area contributed by atoms with Crippen molar-refractivity contribution in [2.24, 2.45) is 0 Å². The molecule has 3 aromatic rings. The predicted molar refractivity (Wildman–Crippen MR) is 114 cm³/mol. The van der Waals surface area contributed by atoms with E-state index in [9.17, 15) is 9.90 Å². The minimum atomic E-state index is -0.305. The van der Waals surface area contributed by atoms with Crippen LogP contribution in [0.2, 0.25) is 10.0 Å². The standard InChI is InChI=1S/C18H17Cl2N5O2S/c1-24(2)18(27)10-6-4-8-12(15(10)26)21-16-17(23-28-22-16)25(3)13-9-5-7-11(19)14(13)20/h4-9,26H,1-3H3,(H,21,22). The Balaban J connectivity index is 1.95. The topological polar surface area (TPSA) is 81.6 Å². The first-order valence-corrected chi connectivity index (χ1v) is 9.60. The average Bonchev–Trinajstić information content (AvgIpc) is 3.12. The van der Waals surface area contributed by atoms with E-state index in [2.05, 4.69) is 14.1 Å². The Morgan fingerprint density at radius 2 is 1.82 bits per heavy atom. The fraction of sp³-hybridized carbons (Fsp3) is 0.167. The Morgan fingerprint density at radius 3 is 2.54 bits per heavy atom. The quantitative estimate of drug-likeness (QED) is 0.559. The Bertz CT molecular complexity index is 1020. The van der Waals surface area contributed by atoms with Crippen LogP contribution in [0.4, 0.5) is 23.0 Å². The predicted octanol–water partition coefficient (Wildman–Crippen LogP) is 4.76. The van der Waals surface area contributed by atoms with E-state index in [1.807, 2.05) is 6.07 Å². The van der Waals surface area contributed by atoms with Crippen LogP contribution in [0, 0.1) is 0 Å². The van der Waals surface area contributed by atoms with Gasteiger partial charge in [-0.2, -0.15) is 8.75 Å². The van der Waals surface area contributed by atoms with Crippen molar-refractivity contribution >= 4 is 63.8 Å². The summed E-state index contributed by atoms with van der Waals surface area (Å²) in [6.07, 6.45) is 0. The summed E-state index contributed by atoms with van der Waals surface area (Å²) in [6.45, 7) is 0. The Kier molecular flexibility index (Phi) is 5.93. The van der Waals surface area contributed by atoms with Crippen LogP contribution in [0.3, 0.4) is 0 Å². The molecule has 2 aromatic carbocycles. The fourth-order valence-corrected chi connectivity index (χ4v) is 3.49. The maximum atomic E-state index is 12.2. The molecule has 0 radical (unpaired) electrons. The summed E-state index contributed by atoms with van der Waals surface area (Å²) < 4.78 is 8.57. The van der Waals surface area contributed by atoms with E-state index in [0.29, 0.717) is 33.1 Å². The highest BCUT2D eigenvalue weighted by Gasteiger charge is 2.20. The molecule has 3 rings (SSSR count). The second-order valence-corrected chi connectivity index (χ2v) is 7.41. The summed E-state index contributed by atoms with van der Waals surface area (Å²) in [5.41, 5.74) is 1.18. The number of anilines is 4. The van der Waals surface area contributed by atoms with Gasteiger partial charge in [-0.25, -0.2) is 0 Å². The number of phenolic OH excluding ortho intramolecular Hbond substituents is 1. The largest absolute Gasteiger partial charge is 0.505 e. The first-order valence-electron chi connectivity index (χ1n) is 8.12. The lowest BCUT2D eigenvalue weighted by molar-refractivity contribution is 0.0824. The third-order valence-corrected chi connectivity index (χ3v) is 5.33. The molecule has 0 aliphatic heterocycles. The monoisotopic (exact) mass is 437 g/mol. The molecule has 7 nitrogen and oxygen atoms in total. The van der Waals surface area contributed by atoms with Gasteiger partial charge in [-0.1, -0.05) is 35.3 Å². The van der Waals surface area contributed by atoms with E-state index in [4.69, 9.17) is 23.2 Å². The lowest BCUT2D eigenvalue weighted by Gasteiger charge is -2.20. The summed E-state index contributed by atoms with van der Waals surface area (Å²) in [7, 11) is 5.02. The molecule has 0 unspecified atom stereocenters. The zero-order chi connectivity index (χ0) is 20.4. The summed E-state index contributed by atoms with van der Waals surface area (Å²) in [5, 5.41) is 14.4. The SMILES string of the molecule is CN(C)C(=O)c1cccc(Nc2nsnc2N(C)c2cccc(Cl)c2Cl)c1O. The van der Waals surface area contributed by atoms with E-state index >= 15 is 0 Å². The molecule has 10 heteroatoms. The van der Waals surface area contributed by atoms with Crippen molar-refractivity contribution in [1.29, 1.82) is 0 Å². The number of aromatic nitrogens is 2. The number of para-hydroxylation sites is 1. The van der Waals surface area contributed by atoms with Crippen LogP contribution in [0.5, 0.6) is 5.75 Å². The molecule has 1 heterocycles. The maximum Gasteiger partial charge on any atom is 0.257 e. The average molecular weight is 438 g/mol. The normalized spacial score (nSPS) is 10.6. The van der Waals surface area contributed by atoms with Gasteiger partial charge in [0, 0.05) is 21.1 Å². The van der Waals surface area contributed by atoms with Gasteiger partial charge in [-0.15, -0.1) is 0 Å². The number of nitrogens with one attached hydrogen (secondary N) is 1. The molecule has 0 aliphatic carbocycles. The van der Waals surface area contributed by atoms with Gasteiger partial charge in [-0.05, 0) is 24.3 Å².